The molecule has 11 heteroatoms. The normalized spacial score (nSPS) is 14.4. The van der Waals surface area contributed by atoms with Gasteiger partial charge >= 0.3 is 0 Å². The van der Waals surface area contributed by atoms with Gasteiger partial charge in [-0.1, -0.05) is 18.2 Å². The predicted molar refractivity (Wildman–Crippen MR) is 154 cm³/mol. The highest BCUT2D eigenvalue weighted by atomic mass is 32.2. The van der Waals surface area contributed by atoms with Gasteiger partial charge in [-0.2, -0.15) is 8.42 Å². The second kappa shape index (κ2) is 12.3. The Morgan fingerprint density at radius 2 is 1.77 bits per heavy atom. The Balaban J connectivity index is 1.81. The van der Waals surface area contributed by atoms with Crippen LogP contribution in [0, 0.1) is 0 Å². The number of amides is 1. The van der Waals surface area contributed by atoms with Gasteiger partial charge in [-0.25, -0.2) is 0 Å². The Morgan fingerprint density at radius 3 is 2.42 bits per heavy atom. The highest BCUT2D eigenvalue weighted by Crippen LogP contribution is 2.50. The standard InChI is InChI=1S/C29H31NO8S2/c1-35-24-14-18-9-11-22(30-29(32)19-8-6-7-17(13-19)16-38-40(5,33)34)21-15-23(31)25(39-4)12-10-20(21)26(18)28(37-3)27(24)36-2/h6-8,10,12-15,22H,9,11,16H2,1-5H3,(H,30,32)/t22-/m0/s1. The SMILES string of the molecule is COc1cc2c(c(OC)c1OC)-c1ccc(SC)c(=O)cc1[C@@H](NC(=O)c1cccc(COS(C)(=O)=O)c1)CC2. The van der Waals surface area contributed by atoms with E-state index in [1.165, 1.54) is 18.9 Å². The molecular weight excluding hydrogens is 554 g/mol. The number of carbonyl (C=O) groups excluding carboxylic acids is 1. The average molecular weight is 586 g/mol. The fourth-order valence-electron chi connectivity index (χ4n) is 4.84. The molecule has 4 rings (SSSR count). The summed E-state index contributed by atoms with van der Waals surface area (Å²) in [6.07, 6.45) is 3.86. The predicted octanol–water partition coefficient (Wildman–Crippen LogP) is 4.36. The Morgan fingerprint density at radius 1 is 1.02 bits per heavy atom. The lowest BCUT2D eigenvalue weighted by Gasteiger charge is -2.20. The maximum atomic E-state index is 13.5. The van der Waals surface area contributed by atoms with Crippen LogP contribution < -0.4 is 25.0 Å². The Bertz CT molecular complexity index is 1600. The van der Waals surface area contributed by atoms with E-state index in [2.05, 4.69) is 5.32 Å². The van der Waals surface area contributed by atoms with Gasteiger partial charge in [-0.05, 0) is 71.7 Å². The first-order valence-corrected chi connectivity index (χ1v) is 15.4. The zero-order valence-electron chi connectivity index (χ0n) is 22.9. The number of nitrogens with one attached hydrogen (secondary N) is 1. The number of fused-ring (bicyclic) bond motifs is 3. The van der Waals surface area contributed by atoms with E-state index >= 15 is 0 Å². The quantitative estimate of drug-likeness (QED) is 0.289. The van der Waals surface area contributed by atoms with Gasteiger partial charge in [0.25, 0.3) is 16.0 Å². The number of carbonyl (C=O) groups is 1. The second-order valence-electron chi connectivity index (χ2n) is 9.19. The highest BCUT2D eigenvalue weighted by molar-refractivity contribution is 7.98. The molecule has 0 fully saturated rings. The van der Waals surface area contributed by atoms with Gasteiger partial charge in [0.2, 0.25) is 5.75 Å². The van der Waals surface area contributed by atoms with E-state index in [0.717, 1.165) is 22.9 Å². The topological polar surface area (TPSA) is 117 Å². The van der Waals surface area contributed by atoms with E-state index in [9.17, 15) is 18.0 Å². The molecule has 0 aliphatic heterocycles. The minimum Gasteiger partial charge on any atom is -0.493 e. The Hall–Kier alpha value is -3.54. The van der Waals surface area contributed by atoms with Crippen LogP contribution in [0.15, 0.2) is 58.2 Å². The molecule has 1 aliphatic carbocycles. The summed E-state index contributed by atoms with van der Waals surface area (Å²) in [5.41, 5.74) is 3.81. The van der Waals surface area contributed by atoms with Crippen molar-refractivity contribution in [1.29, 1.82) is 0 Å². The van der Waals surface area contributed by atoms with Crippen molar-refractivity contribution >= 4 is 27.8 Å². The summed E-state index contributed by atoms with van der Waals surface area (Å²) in [5, 5.41) is 3.09. The summed E-state index contributed by atoms with van der Waals surface area (Å²) < 4.78 is 44.7. The number of hydrogen-bond donors (Lipinski definition) is 1. The third-order valence-corrected chi connectivity index (χ3v) is 7.98. The zero-order chi connectivity index (χ0) is 29.0. The van der Waals surface area contributed by atoms with E-state index in [-0.39, 0.29) is 17.9 Å². The molecule has 212 valence electrons. The molecule has 0 saturated heterocycles. The minimum absolute atomic E-state index is 0.157. The number of ether oxygens (including phenoxy) is 3. The molecule has 3 aromatic rings. The number of hydrogen-bond acceptors (Lipinski definition) is 9. The van der Waals surface area contributed by atoms with Crippen LogP contribution in [0.4, 0.5) is 0 Å². The first-order chi connectivity index (χ1) is 19.1. The van der Waals surface area contributed by atoms with Gasteiger partial charge in [0.05, 0.1) is 45.1 Å². The molecule has 0 unspecified atom stereocenters. The van der Waals surface area contributed by atoms with Crippen molar-refractivity contribution in [3.05, 3.63) is 81.0 Å². The first kappa shape index (κ1) is 29.4. The molecular formula is C29H31NO8S2. The average Bonchev–Trinajstić information content (AvgIpc) is 3.18. The lowest BCUT2D eigenvalue weighted by atomic mass is 9.95. The molecule has 9 nitrogen and oxygen atoms in total. The maximum absolute atomic E-state index is 13.5. The van der Waals surface area contributed by atoms with Crippen molar-refractivity contribution in [2.45, 2.75) is 30.4 Å². The van der Waals surface area contributed by atoms with E-state index in [1.54, 1.807) is 50.6 Å². The molecule has 1 aliphatic rings. The van der Waals surface area contributed by atoms with Crippen molar-refractivity contribution in [3.63, 3.8) is 0 Å². The van der Waals surface area contributed by atoms with Crippen LogP contribution in [0.25, 0.3) is 11.1 Å². The van der Waals surface area contributed by atoms with Crippen molar-refractivity contribution in [2.24, 2.45) is 0 Å². The molecule has 0 heterocycles. The second-order valence-corrected chi connectivity index (χ2v) is 11.7. The summed E-state index contributed by atoms with van der Waals surface area (Å²) in [7, 11) is 1.01. The van der Waals surface area contributed by atoms with Crippen LogP contribution in [0.3, 0.4) is 0 Å². The molecule has 0 spiro atoms. The molecule has 0 radical (unpaired) electrons. The number of thioether (sulfide) groups is 1. The fourth-order valence-corrected chi connectivity index (χ4v) is 5.65. The third kappa shape index (κ3) is 6.27. The van der Waals surface area contributed by atoms with E-state index in [0.29, 0.717) is 51.7 Å². The Kier molecular flexibility index (Phi) is 9.07. The fraction of sp³-hybridized carbons (Fsp3) is 0.310. The van der Waals surface area contributed by atoms with Gasteiger partial charge in [-0.3, -0.25) is 13.8 Å². The highest BCUT2D eigenvalue weighted by Gasteiger charge is 2.30. The molecule has 0 aromatic heterocycles. The lowest BCUT2D eigenvalue weighted by molar-refractivity contribution is 0.0934. The smallest absolute Gasteiger partial charge is 0.264 e. The van der Waals surface area contributed by atoms with Crippen LogP contribution in [0.2, 0.25) is 0 Å². The van der Waals surface area contributed by atoms with Crippen molar-refractivity contribution in [2.75, 3.05) is 33.8 Å². The molecule has 3 aromatic carbocycles. The summed E-state index contributed by atoms with van der Waals surface area (Å²) in [6.45, 7) is -0.183. The van der Waals surface area contributed by atoms with Gasteiger partial charge in [0, 0.05) is 11.1 Å². The van der Waals surface area contributed by atoms with Crippen LogP contribution in [0.5, 0.6) is 17.2 Å². The van der Waals surface area contributed by atoms with E-state index in [4.69, 9.17) is 18.4 Å². The molecule has 0 saturated carbocycles. The van der Waals surface area contributed by atoms with Crippen LogP contribution in [0.1, 0.15) is 39.5 Å². The van der Waals surface area contributed by atoms with Crippen LogP contribution >= 0.6 is 11.8 Å². The lowest BCUT2D eigenvalue weighted by Crippen LogP contribution is -2.29. The largest absolute Gasteiger partial charge is 0.493 e. The number of aryl methyl sites for hydroxylation is 1. The first-order valence-electron chi connectivity index (χ1n) is 12.4. The number of methoxy groups -OCH3 is 3. The summed E-state index contributed by atoms with van der Waals surface area (Å²) in [5.74, 6) is 1.07. The molecule has 1 N–H and O–H groups in total. The molecule has 1 atom stereocenters. The van der Waals surface area contributed by atoms with Crippen LogP contribution in [-0.4, -0.2) is 48.2 Å². The molecule has 40 heavy (non-hydrogen) atoms. The van der Waals surface area contributed by atoms with Gasteiger partial charge in [0.15, 0.2) is 16.9 Å². The minimum atomic E-state index is -3.63. The van der Waals surface area contributed by atoms with Crippen LogP contribution in [-0.2, 0) is 27.3 Å². The maximum Gasteiger partial charge on any atom is 0.264 e. The zero-order valence-corrected chi connectivity index (χ0v) is 24.5. The van der Waals surface area contributed by atoms with Gasteiger partial charge < -0.3 is 19.5 Å². The van der Waals surface area contributed by atoms with Crippen molar-refractivity contribution in [3.8, 4) is 28.4 Å². The van der Waals surface area contributed by atoms with E-state index < -0.39 is 16.2 Å². The Labute approximate surface area is 237 Å². The molecule has 1 amide bonds. The summed E-state index contributed by atoms with van der Waals surface area (Å²) in [6, 6.07) is 13.2. The van der Waals surface area contributed by atoms with Crippen molar-refractivity contribution in [1.82, 2.24) is 5.32 Å². The number of benzene rings is 2. The third-order valence-electron chi connectivity index (χ3n) is 6.65. The number of rotatable bonds is 9. The van der Waals surface area contributed by atoms with Gasteiger partial charge in [-0.15, -0.1) is 11.8 Å². The van der Waals surface area contributed by atoms with Crippen molar-refractivity contribution < 1.29 is 31.6 Å². The summed E-state index contributed by atoms with van der Waals surface area (Å²) >= 11 is 1.35. The van der Waals surface area contributed by atoms with E-state index in [1.807, 2.05) is 18.4 Å². The molecule has 0 bridgehead atoms. The summed E-state index contributed by atoms with van der Waals surface area (Å²) in [4.78, 5) is 27.2. The van der Waals surface area contributed by atoms with Gasteiger partial charge in [0.1, 0.15) is 0 Å². The monoisotopic (exact) mass is 585 g/mol.